The van der Waals surface area contributed by atoms with E-state index < -0.39 is 0 Å². The van der Waals surface area contributed by atoms with Crippen LogP contribution in [0.3, 0.4) is 0 Å². The molecule has 0 saturated carbocycles. The Morgan fingerprint density at radius 2 is 1.95 bits per heavy atom. The van der Waals surface area contributed by atoms with Gasteiger partial charge in [0, 0.05) is 16.8 Å². The summed E-state index contributed by atoms with van der Waals surface area (Å²) >= 11 is 6.09. The second-order valence-electron chi connectivity index (χ2n) is 4.79. The molecule has 0 radical (unpaired) electrons. The first-order chi connectivity index (χ1) is 9.06. The monoisotopic (exact) mass is 277 g/mol. The molecule has 0 bridgehead atoms. The van der Waals surface area contributed by atoms with Gasteiger partial charge < -0.3 is 5.32 Å². The molecular weight excluding hydrogens is 261 g/mol. The maximum atomic E-state index is 13.1. The van der Waals surface area contributed by atoms with E-state index in [1.165, 1.54) is 6.07 Å². The Bertz CT molecular complexity index is 568. The normalized spacial score (nSPS) is 12.2. The molecule has 1 N–H and O–H groups in total. The molecule has 19 heavy (non-hydrogen) atoms. The lowest BCUT2D eigenvalue weighted by Crippen LogP contribution is -2.18. The van der Waals surface area contributed by atoms with Gasteiger partial charge in [-0.3, -0.25) is 0 Å². The fourth-order valence-corrected chi connectivity index (χ4v) is 2.27. The van der Waals surface area contributed by atoms with Crippen LogP contribution < -0.4 is 5.32 Å². The SMILES string of the molecule is Cc1c(Cl)cccc1NC(C)Cc1cccc(F)c1. The highest BCUT2D eigenvalue weighted by Crippen LogP contribution is 2.24. The van der Waals surface area contributed by atoms with E-state index in [9.17, 15) is 4.39 Å². The van der Waals surface area contributed by atoms with E-state index in [1.54, 1.807) is 12.1 Å². The standard InChI is InChI=1S/C16H17ClFN/c1-11(9-13-5-3-6-14(18)10-13)19-16-8-4-7-15(17)12(16)2/h3-8,10-11,19H,9H2,1-2H3. The molecule has 0 aliphatic heterocycles. The molecule has 1 unspecified atom stereocenters. The van der Waals surface area contributed by atoms with Crippen LogP contribution in [0.1, 0.15) is 18.1 Å². The van der Waals surface area contributed by atoms with Crippen molar-refractivity contribution in [2.24, 2.45) is 0 Å². The molecule has 2 aromatic rings. The number of rotatable bonds is 4. The predicted octanol–water partition coefficient (Wildman–Crippen LogP) is 4.83. The van der Waals surface area contributed by atoms with Gasteiger partial charge in [-0.2, -0.15) is 0 Å². The third kappa shape index (κ3) is 3.71. The van der Waals surface area contributed by atoms with Crippen LogP contribution in [0.4, 0.5) is 10.1 Å². The maximum Gasteiger partial charge on any atom is 0.123 e. The first-order valence-corrected chi connectivity index (χ1v) is 6.70. The summed E-state index contributed by atoms with van der Waals surface area (Å²) in [4.78, 5) is 0. The summed E-state index contributed by atoms with van der Waals surface area (Å²) in [5.41, 5.74) is 3.05. The summed E-state index contributed by atoms with van der Waals surface area (Å²) in [6.45, 7) is 4.06. The zero-order chi connectivity index (χ0) is 13.8. The maximum absolute atomic E-state index is 13.1. The summed E-state index contributed by atoms with van der Waals surface area (Å²) in [6.07, 6.45) is 0.768. The zero-order valence-electron chi connectivity index (χ0n) is 11.1. The van der Waals surface area contributed by atoms with E-state index in [4.69, 9.17) is 11.6 Å². The third-order valence-corrected chi connectivity index (χ3v) is 3.51. The predicted molar refractivity (Wildman–Crippen MR) is 79.4 cm³/mol. The Kier molecular flexibility index (Phi) is 4.43. The van der Waals surface area contributed by atoms with E-state index >= 15 is 0 Å². The van der Waals surface area contributed by atoms with E-state index in [2.05, 4.69) is 12.2 Å². The summed E-state index contributed by atoms with van der Waals surface area (Å²) in [7, 11) is 0. The van der Waals surface area contributed by atoms with Crippen molar-refractivity contribution in [2.75, 3.05) is 5.32 Å². The first-order valence-electron chi connectivity index (χ1n) is 6.32. The second kappa shape index (κ2) is 6.07. The Morgan fingerprint density at radius 3 is 2.68 bits per heavy atom. The largest absolute Gasteiger partial charge is 0.382 e. The fraction of sp³-hybridized carbons (Fsp3) is 0.250. The molecule has 3 heteroatoms. The molecule has 1 atom stereocenters. The Balaban J connectivity index is 2.05. The van der Waals surface area contributed by atoms with Crippen molar-refractivity contribution in [2.45, 2.75) is 26.3 Å². The first kappa shape index (κ1) is 13.9. The Labute approximate surface area is 118 Å². The number of benzene rings is 2. The molecule has 0 aliphatic rings. The van der Waals surface area contributed by atoms with Crippen molar-refractivity contribution >= 4 is 17.3 Å². The van der Waals surface area contributed by atoms with Crippen molar-refractivity contribution in [3.63, 3.8) is 0 Å². The third-order valence-electron chi connectivity index (χ3n) is 3.10. The van der Waals surface area contributed by atoms with Crippen molar-refractivity contribution in [1.82, 2.24) is 0 Å². The van der Waals surface area contributed by atoms with Gasteiger partial charge in [0.25, 0.3) is 0 Å². The summed E-state index contributed by atoms with van der Waals surface area (Å²) in [5, 5.41) is 4.16. The molecule has 1 nitrogen and oxygen atoms in total. The molecule has 0 fully saturated rings. The molecule has 0 amide bonds. The molecule has 2 aromatic carbocycles. The molecule has 0 spiro atoms. The van der Waals surface area contributed by atoms with Crippen LogP contribution in [0, 0.1) is 12.7 Å². The zero-order valence-corrected chi connectivity index (χ0v) is 11.8. The van der Waals surface area contributed by atoms with Crippen molar-refractivity contribution in [3.05, 3.63) is 64.4 Å². The molecule has 0 aliphatic carbocycles. The smallest absolute Gasteiger partial charge is 0.123 e. The minimum atomic E-state index is -0.191. The van der Waals surface area contributed by atoms with E-state index in [0.717, 1.165) is 28.3 Å². The van der Waals surface area contributed by atoms with Gasteiger partial charge in [-0.1, -0.05) is 29.8 Å². The molecule has 0 aromatic heterocycles. The number of anilines is 1. The average molecular weight is 278 g/mol. The van der Waals surface area contributed by atoms with Gasteiger partial charge in [-0.25, -0.2) is 4.39 Å². The number of hydrogen-bond acceptors (Lipinski definition) is 1. The van der Waals surface area contributed by atoms with E-state index in [-0.39, 0.29) is 11.9 Å². The minimum absolute atomic E-state index is 0.191. The Morgan fingerprint density at radius 1 is 1.21 bits per heavy atom. The van der Waals surface area contributed by atoms with Gasteiger partial charge >= 0.3 is 0 Å². The van der Waals surface area contributed by atoms with Crippen LogP contribution >= 0.6 is 11.6 Å². The number of nitrogens with one attached hydrogen (secondary N) is 1. The van der Waals surface area contributed by atoms with Crippen LogP contribution in [0.15, 0.2) is 42.5 Å². The highest BCUT2D eigenvalue weighted by molar-refractivity contribution is 6.31. The van der Waals surface area contributed by atoms with Gasteiger partial charge in [0.1, 0.15) is 5.82 Å². The van der Waals surface area contributed by atoms with Gasteiger partial charge in [-0.15, -0.1) is 0 Å². The lowest BCUT2D eigenvalue weighted by molar-refractivity contribution is 0.624. The van der Waals surface area contributed by atoms with Crippen LogP contribution in [-0.4, -0.2) is 6.04 Å². The van der Waals surface area contributed by atoms with Gasteiger partial charge in [-0.05, 0) is 55.7 Å². The minimum Gasteiger partial charge on any atom is -0.382 e. The van der Waals surface area contributed by atoms with Gasteiger partial charge in [0.05, 0.1) is 0 Å². The summed E-state index contributed by atoms with van der Waals surface area (Å²) < 4.78 is 13.1. The van der Waals surface area contributed by atoms with Crippen LogP contribution in [0.5, 0.6) is 0 Å². The van der Waals surface area contributed by atoms with Crippen LogP contribution in [0.2, 0.25) is 5.02 Å². The number of halogens is 2. The number of hydrogen-bond donors (Lipinski definition) is 1. The summed E-state index contributed by atoms with van der Waals surface area (Å²) in [6, 6.07) is 12.7. The molecular formula is C16H17ClFN. The molecule has 2 rings (SSSR count). The highest BCUT2D eigenvalue weighted by atomic mass is 35.5. The second-order valence-corrected chi connectivity index (χ2v) is 5.20. The molecule has 100 valence electrons. The quantitative estimate of drug-likeness (QED) is 0.844. The van der Waals surface area contributed by atoms with Crippen molar-refractivity contribution in [3.8, 4) is 0 Å². The average Bonchev–Trinajstić information content (AvgIpc) is 2.35. The van der Waals surface area contributed by atoms with Gasteiger partial charge in [0.15, 0.2) is 0 Å². The lowest BCUT2D eigenvalue weighted by Gasteiger charge is -2.17. The fourth-order valence-electron chi connectivity index (χ4n) is 2.10. The van der Waals surface area contributed by atoms with E-state index in [0.29, 0.717) is 0 Å². The van der Waals surface area contributed by atoms with Crippen LogP contribution in [0.25, 0.3) is 0 Å². The highest BCUT2D eigenvalue weighted by Gasteiger charge is 2.07. The topological polar surface area (TPSA) is 12.0 Å². The van der Waals surface area contributed by atoms with Crippen LogP contribution in [-0.2, 0) is 6.42 Å². The molecule has 0 saturated heterocycles. The Hall–Kier alpha value is -1.54. The summed E-state index contributed by atoms with van der Waals surface area (Å²) in [5.74, 6) is -0.191. The lowest BCUT2D eigenvalue weighted by atomic mass is 10.1. The van der Waals surface area contributed by atoms with E-state index in [1.807, 2.05) is 31.2 Å². The molecule has 0 heterocycles. The van der Waals surface area contributed by atoms with Crippen molar-refractivity contribution in [1.29, 1.82) is 0 Å². The van der Waals surface area contributed by atoms with Crippen molar-refractivity contribution < 1.29 is 4.39 Å². The van der Waals surface area contributed by atoms with Gasteiger partial charge in [0.2, 0.25) is 0 Å².